The van der Waals surface area contributed by atoms with Crippen molar-refractivity contribution >= 4 is 9.84 Å². The summed E-state index contributed by atoms with van der Waals surface area (Å²) in [5.74, 6) is 0.501. The molecule has 0 aromatic carbocycles. The summed E-state index contributed by atoms with van der Waals surface area (Å²) in [7, 11) is -2.81. The van der Waals surface area contributed by atoms with Crippen LogP contribution in [0, 0.1) is 0 Å². The first-order valence-electron chi connectivity index (χ1n) is 5.15. The molecule has 84 valence electrons. The summed E-state index contributed by atoms with van der Waals surface area (Å²) in [5.41, 5.74) is 0. The van der Waals surface area contributed by atoms with Crippen molar-refractivity contribution in [2.24, 2.45) is 0 Å². The van der Waals surface area contributed by atoms with Crippen LogP contribution in [-0.2, 0) is 9.84 Å². The van der Waals surface area contributed by atoms with Gasteiger partial charge < -0.3 is 10.4 Å². The highest BCUT2D eigenvalue weighted by molar-refractivity contribution is 7.91. The first kappa shape index (κ1) is 11.9. The fourth-order valence-electron chi connectivity index (χ4n) is 1.50. The second-order valence-corrected chi connectivity index (χ2v) is 6.34. The number of nitrogens with one attached hydrogen (secondary N) is 1. The lowest BCUT2D eigenvalue weighted by molar-refractivity contribution is 0.0628. The van der Waals surface area contributed by atoms with Gasteiger partial charge in [0.15, 0.2) is 0 Å². The van der Waals surface area contributed by atoms with Crippen LogP contribution in [0.5, 0.6) is 0 Å². The van der Waals surface area contributed by atoms with E-state index < -0.39 is 9.84 Å². The molecule has 0 aromatic heterocycles. The molecule has 0 heterocycles. The van der Waals surface area contributed by atoms with Crippen LogP contribution in [0.3, 0.4) is 0 Å². The van der Waals surface area contributed by atoms with Crippen molar-refractivity contribution in [3.05, 3.63) is 0 Å². The number of rotatable bonds is 6. The van der Waals surface area contributed by atoms with Gasteiger partial charge in [0.1, 0.15) is 9.84 Å². The van der Waals surface area contributed by atoms with Crippen LogP contribution in [0.1, 0.15) is 26.2 Å². The predicted octanol–water partition coefficient (Wildman–Crippen LogP) is -0.0759. The third-order valence-corrected chi connectivity index (χ3v) is 4.41. The second kappa shape index (κ2) is 5.09. The van der Waals surface area contributed by atoms with Crippen molar-refractivity contribution in [2.75, 3.05) is 18.1 Å². The van der Waals surface area contributed by atoms with Gasteiger partial charge >= 0.3 is 0 Å². The van der Waals surface area contributed by atoms with Gasteiger partial charge in [-0.15, -0.1) is 0 Å². The molecule has 0 amide bonds. The SMILES string of the molecule is CCS(=O)(=O)CCCNC1CC(O)C1. The van der Waals surface area contributed by atoms with Gasteiger partial charge in [-0.05, 0) is 25.8 Å². The Bertz CT molecular complexity index is 257. The van der Waals surface area contributed by atoms with E-state index >= 15 is 0 Å². The lowest BCUT2D eigenvalue weighted by Gasteiger charge is -2.32. The number of hydrogen-bond acceptors (Lipinski definition) is 4. The molecule has 5 heteroatoms. The fourth-order valence-corrected chi connectivity index (χ4v) is 2.37. The minimum atomic E-state index is -2.81. The highest BCUT2D eigenvalue weighted by Crippen LogP contribution is 2.18. The van der Waals surface area contributed by atoms with Crippen LogP contribution in [0.15, 0.2) is 0 Å². The van der Waals surface area contributed by atoms with E-state index in [0.29, 0.717) is 12.5 Å². The Labute approximate surface area is 85.6 Å². The molecule has 0 saturated heterocycles. The molecule has 0 spiro atoms. The molecule has 14 heavy (non-hydrogen) atoms. The lowest BCUT2D eigenvalue weighted by Crippen LogP contribution is -2.44. The Hall–Kier alpha value is -0.130. The molecule has 0 aliphatic heterocycles. The molecular weight excluding hydrogens is 202 g/mol. The molecule has 1 aliphatic rings. The maximum absolute atomic E-state index is 11.1. The van der Waals surface area contributed by atoms with E-state index in [2.05, 4.69) is 5.32 Å². The zero-order valence-electron chi connectivity index (χ0n) is 8.57. The highest BCUT2D eigenvalue weighted by atomic mass is 32.2. The van der Waals surface area contributed by atoms with Crippen molar-refractivity contribution in [3.63, 3.8) is 0 Å². The smallest absolute Gasteiger partial charge is 0.150 e. The predicted molar refractivity (Wildman–Crippen MR) is 56.0 cm³/mol. The van der Waals surface area contributed by atoms with E-state index in [1.165, 1.54) is 0 Å². The Balaban J connectivity index is 2.00. The Morgan fingerprint density at radius 1 is 1.43 bits per heavy atom. The molecule has 0 atom stereocenters. The summed E-state index contributed by atoms with van der Waals surface area (Å²) in [5, 5.41) is 12.2. The van der Waals surface area contributed by atoms with E-state index in [-0.39, 0.29) is 17.6 Å². The molecule has 1 aliphatic carbocycles. The zero-order valence-corrected chi connectivity index (χ0v) is 9.39. The minimum Gasteiger partial charge on any atom is -0.393 e. The average molecular weight is 221 g/mol. The quantitative estimate of drug-likeness (QED) is 0.616. The maximum atomic E-state index is 11.1. The highest BCUT2D eigenvalue weighted by Gasteiger charge is 2.26. The largest absolute Gasteiger partial charge is 0.393 e. The number of aliphatic hydroxyl groups is 1. The summed E-state index contributed by atoms with van der Waals surface area (Å²) in [4.78, 5) is 0. The van der Waals surface area contributed by atoms with Crippen molar-refractivity contribution in [1.29, 1.82) is 0 Å². The average Bonchev–Trinajstić information content (AvgIpc) is 2.09. The van der Waals surface area contributed by atoms with Crippen molar-refractivity contribution in [1.82, 2.24) is 5.32 Å². The van der Waals surface area contributed by atoms with Crippen molar-refractivity contribution < 1.29 is 13.5 Å². The fraction of sp³-hybridized carbons (Fsp3) is 1.00. The Morgan fingerprint density at radius 2 is 2.07 bits per heavy atom. The van der Waals surface area contributed by atoms with Gasteiger partial charge in [-0.25, -0.2) is 8.42 Å². The van der Waals surface area contributed by atoms with E-state index in [1.807, 2.05) is 0 Å². The van der Waals surface area contributed by atoms with Gasteiger partial charge in [0.25, 0.3) is 0 Å². The third kappa shape index (κ3) is 3.94. The number of hydrogen-bond donors (Lipinski definition) is 2. The molecule has 0 bridgehead atoms. The first-order valence-corrected chi connectivity index (χ1v) is 6.97. The summed E-state index contributed by atoms with van der Waals surface area (Å²) in [6, 6.07) is 0.398. The van der Waals surface area contributed by atoms with E-state index in [4.69, 9.17) is 5.11 Å². The Morgan fingerprint density at radius 3 is 2.57 bits per heavy atom. The summed E-state index contributed by atoms with van der Waals surface area (Å²) < 4.78 is 22.2. The van der Waals surface area contributed by atoms with Crippen LogP contribution in [0.2, 0.25) is 0 Å². The topological polar surface area (TPSA) is 66.4 Å². The Kier molecular flexibility index (Phi) is 4.34. The molecule has 0 aromatic rings. The maximum Gasteiger partial charge on any atom is 0.150 e. The molecule has 2 N–H and O–H groups in total. The monoisotopic (exact) mass is 221 g/mol. The van der Waals surface area contributed by atoms with Crippen LogP contribution < -0.4 is 5.32 Å². The van der Waals surface area contributed by atoms with Gasteiger partial charge in [0.05, 0.1) is 11.9 Å². The van der Waals surface area contributed by atoms with Gasteiger partial charge in [0, 0.05) is 11.8 Å². The van der Waals surface area contributed by atoms with E-state index in [9.17, 15) is 8.42 Å². The zero-order chi connectivity index (χ0) is 10.6. The van der Waals surface area contributed by atoms with Gasteiger partial charge in [-0.1, -0.05) is 6.92 Å². The molecular formula is C9H19NO3S. The molecule has 0 unspecified atom stereocenters. The van der Waals surface area contributed by atoms with E-state index in [1.54, 1.807) is 6.92 Å². The molecule has 0 radical (unpaired) electrons. The van der Waals surface area contributed by atoms with Gasteiger partial charge in [-0.2, -0.15) is 0 Å². The van der Waals surface area contributed by atoms with Crippen LogP contribution in [-0.4, -0.2) is 43.7 Å². The molecule has 1 fully saturated rings. The van der Waals surface area contributed by atoms with Gasteiger partial charge in [0.2, 0.25) is 0 Å². The van der Waals surface area contributed by atoms with Crippen LogP contribution in [0.25, 0.3) is 0 Å². The van der Waals surface area contributed by atoms with E-state index in [0.717, 1.165) is 19.4 Å². The molecule has 1 saturated carbocycles. The summed E-state index contributed by atoms with van der Waals surface area (Å²) in [6.07, 6.45) is 2.14. The third-order valence-electron chi connectivity index (χ3n) is 2.62. The molecule has 1 rings (SSSR count). The first-order chi connectivity index (χ1) is 6.53. The van der Waals surface area contributed by atoms with Gasteiger partial charge in [-0.3, -0.25) is 0 Å². The summed E-state index contributed by atoms with van der Waals surface area (Å²) in [6.45, 7) is 2.40. The van der Waals surface area contributed by atoms with Crippen LogP contribution in [0.4, 0.5) is 0 Å². The molecule has 4 nitrogen and oxygen atoms in total. The van der Waals surface area contributed by atoms with Crippen LogP contribution >= 0.6 is 0 Å². The standard InChI is InChI=1S/C9H19NO3S/c1-2-14(12,13)5-3-4-10-8-6-9(11)7-8/h8-11H,2-7H2,1H3. The van der Waals surface area contributed by atoms with Crippen molar-refractivity contribution in [3.8, 4) is 0 Å². The van der Waals surface area contributed by atoms with Crippen molar-refractivity contribution in [2.45, 2.75) is 38.3 Å². The minimum absolute atomic E-state index is 0.146. The normalized spacial score (nSPS) is 27.3. The lowest BCUT2D eigenvalue weighted by atomic mass is 9.89. The number of aliphatic hydroxyl groups excluding tert-OH is 1. The number of sulfone groups is 1. The second-order valence-electron chi connectivity index (χ2n) is 3.87. The summed E-state index contributed by atoms with van der Waals surface area (Å²) >= 11 is 0.